The predicted octanol–water partition coefficient (Wildman–Crippen LogP) is 5.56. The van der Waals surface area contributed by atoms with Gasteiger partial charge in [-0.25, -0.2) is 4.90 Å². The largest absolute Gasteiger partial charge is 0.490 e. The fourth-order valence-electron chi connectivity index (χ4n) is 3.76. The Morgan fingerprint density at radius 2 is 1.67 bits per heavy atom. The summed E-state index contributed by atoms with van der Waals surface area (Å²) in [5, 5.41) is 5.09. The molecule has 0 aliphatic carbocycles. The summed E-state index contributed by atoms with van der Waals surface area (Å²) in [5.74, 6) is 0.479. The molecule has 1 aliphatic rings. The molecule has 0 spiro atoms. The molecule has 1 aromatic heterocycles. The molecule has 2 heterocycles. The summed E-state index contributed by atoms with van der Waals surface area (Å²) in [6.07, 6.45) is 0. The van der Waals surface area contributed by atoms with Crippen LogP contribution < -0.4 is 19.7 Å². The minimum atomic E-state index is -0.385. The highest BCUT2D eigenvalue weighted by atomic mass is 32.1. The second-order valence-corrected chi connectivity index (χ2v) is 8.49. The lowest BCUT2D eigenvalue weighted by Crippen LogP contribution is -2.33. The van der Waals surface area contributed by atoms with E-state index in [0.717, 1.165) is 16.0 Å². The zero-order valence-corrected chi connectivity index (χ0v) is 19.9. The van der Waals surface area contributed by atoms with E-state index in [9.17, 15) is 9.59 Å². The maximum atomic E-state index is 13.6. The molecule has 0 saturated carbocycles. The van der Waals surface area contributed by atoms with Crippen LogP contribution in [0.25, 0.3) is 5.57 Å². The first-order chi connectivity index (χ1) is 16.0. The maximum absolute atomic E-state index is 13.6. The highest BCUT2D eigenvalue weighted by molar-refractivity contribution is 7.11. The van der Waals surface area contributed by atoms with E-state index >= 15 is 0 Å². The Hall–Kier alpha value is -3.58. The van der Waals surface area contributed by atoms with E-state index in [0.29, 0.717) is 41.7 Å². The first kappa shape index (κ1) is 22.6. The predicted molar refractivity (Wildman–Crippen MR) is 132 cm³/mol. The molecule has 0 atom stereocenters. The zero-order valence-electron chi connectivity index (χ0n) is 19.1. The number of benzene rings is 2. The first-order valence-electron chi connectivity index (χ1n) is 10.9. The van der Waals surface area contributed by atoms with Crippen LogP contribution in [0.1, 0.15) is 29.9 Å². The van der Waals surface area contributed by atoms with Crippen LogP contribution in [-0.4, -0.2) is 25.0 Å². The highest BCUT2D eigenvalue weighted by Crippen LogP contribution is 2.38. The van der Waals surface area contributed by atoms with Gasteiger partial charge >= 0.3 is 0 Å². The van der Waals surface area contributed by atoms with Gasteiger partial charge in [-0.05, 0) is 68.5 Å². The van der Waals surface area contributed by atoms with Gasteiger partial charge in [-0.2, -0.15) is 0 Å². The van der Waals surface area contributed by atoms with Crippen molar-refractivity contribution >= 4 is 40.1 Å². The SMILES string of the molecule is CCOc1ccc(NC2=C(c3cccs3)C(=O)N(c3cccc(C)c3C)C2=O)cc1OCC. The topological polar surface area (TPSA) is 67.9 Å². The lowest BCUT2D eigenvalue weighted by Gasteiger charge is -2.19. The van der Waals surface area contributed by atoms with Crippen LogP contribution in [0, 0.1) is 13.8 Å². The van der Waals surface area contributed by atoms with Gasteiger partial charge in [-0.1, -0.05) is 18.2 Å². The van der Waals surface area contributed by atoms with Crippen LogP contribution in [0.2, 0.25) is 0 Å². The van der Waals surface area contributed by atoms with Crippen LogP contribution in [0.4, 0.5) is 11.4 Å². The van der Waals surface area contributed by atoms with Crippen molar-refractivity contribution in [1.29, 1.82) is 0 Å². The molecular weight excluding hydrogens is 436 g/mol. The molecule has 4 rings (SSSR count). The number of rotatable bonds is 8. The third-order valence-corrected chi connectivity index (χ3v) is 6.37. The second kappa shape index (κ2) is 9.50. The van der Waals surface area contributed by atoms with Gasteiger partial charge in [0.25, 0.3) is 11.8 Å². The van der Waals surface area contributed by atoms with Crippen LogP contribution in [0.3, 0.4) is 0 Å². The summed E-state index contributed by atoms with van der Waals surface area (Å²) in [7, 11) is 0. The van der Waals surface area contributed by atoms with E-state index in [1.165, 1.54) is 16.2 Å². The van der Waals surface area contributed by atoms with Crippen LogP contribution >= 0.6 is 11.3 Å². The number of ether oxygens (including phenoxy) is 2. The van der Waals surface area contributed by atoms with E-state index in [2.05, 4.69) is 5.32 Å². The molecule has 7 heteroatoms. The van der Waals surface area contributed by atoms with Crippen molar-refractivity contribution < 1.29 is 19.1 Å². The minimum Gasteiger partial charge on any atom is -0.490 e. The Labute approximate surface area is 197 Å². The summed E-state index contributed by atoms with van der Waals surface area (Å²) in [6.45, 7) is 8.68. The molecule has 1 N–H and O–H groups in total. The fraction of sp³-hybridized carbons (Fsp3) is 0.231. The third-order valence-electron chi connectivity index (χ3n) is 5.48. The number of aryl methyl sites for hydroxylation is 1. The molecule has 6 nitrogen and oxygen atoms in total. The van der Waals surface area contributed by atoms with Gasteiger partial charge in [0.2, 0.25) is 0 Å². The number of amides is 2. The molecule has 0 unspecified atom stereocenters. The van der Waals surface area contributed by atoms with Gasteiger partial charge in [-0.15, -0.1) is 11.3 Å². The van der Waals surface area contributed by atoms with Gasteiger partial charge in [0.15, 0.2) is 11.5 Å². The smallest absolute Gasteiger partial charge is 0.282 e. The summed E-state index contributed by atoms with van der Waals surface area (Å²) >= 11 is 1.42. The molecule has 0 fully saturated rings. The Kier molecular flexibility index (Phi) is 6.51. The van der Waals surface area contributed by atoms with Gasteiger partial charge in [0.05, 0.1) is 24.5 Å². The lowest BCUT2D eigenvalue weighted by molar-refractivity contribution is -0.120. The summed E-state index contributed by atoms with van der Waals surface area (Å²) in [6, 6.07) is 14.7. The van der Waals surface area contributed by atoms with Crippen LogP contribution in [0.5, 0.6) is 11.5 Å². The van der Waals surface area contributed by atoms with Gasteiger partial charge in [-0.3, -0.25) is 9.59 Å². The van der Waals surface area contributed by atoms with Gasteiger partial charge in [0.1, 0.15) is 5.70 Å². The summed E-state index contributed by atoms with van der Waals surface area (Å²) < 4.78 is 11.4. The standard InChI is InChI=1S/C26H26N2O4S/c1-5-31-20-13-12-18(15-21(20)32-6-2)27-24-23(22-11-8-14-33-22)25(29)28(26(24)30)19-10-7-9-16(3)17(19)4/h7-15,27H,5-6H2,1-4H3. The van der Waals surface area contributed by atoms with Crippen LogP contribution in [-0.2, 0) is 9.59 Å². The first-order valence-corrected chi connectivity index (χ1v) is 11.7. The lowest BCUT2D eigenvalue weighted by atomic mass is 10.1. The average Bonchev–Trinajstić information content (AvgIpc) is 3.40. The van der Waals surface area contributed by atoms with E-state index in [4.69, 9.17) is 9.47 Å². The molecule has 2 aromatic carbocycles. The number of thiophene rings is 1. The molecule has 1 aliphatic heterocycles. The van der Waals surface area contributed by atoms with Gasteiger partial charge < -0.3 is 14.8 Å². The maximum Gasteiger partial charge on any atom is 0.282 e. The number of carbonyl (C=O) groups excluding carboxylic acids is 2. The average molecular weight is 463 g/mol. The molecule has 0 bridgehead atoms. The Bertz CT molecular complexity index is 1230. The van der Waals surface area contributed by atoms with Crippen molar-refractivity contribution in [2.45, 2.75) is 27.7 Å². The van der Waals surface area contributed by atoms with Crippen molar-refractivity contribution in [3.05, 3.63) is 75.6 Å². The van der Waals surface area contributed by atoms with E-state index in [-0.39, 0.29) is 17.5 Å². The fourth-order valence-corrected chi connectivity index (χ4v) is 4.53. The number of hydrogen-bond donors (Lipinski definition) is 1. The quantitative estimate of drug-likeness (QED) is 0.444. The molecule has 0 radical (unpaired) electrons. The van der Waals surface area contributed by atoms with E-state index in [1.54, 1.807) is 18.2 Å². The third kappa shape index (κ3) is 4.24. The summed E-state index contributed by atoms with van der Waals surface area (Å²) in [4.78, 5) is 29.2. The number of hydrogen-bond acceptors (Lipinski definition) is 6. The van der Waals surface area contributed by atoms with Gasteiger partial charge in [0, 0.05) is 16.6 Å². The highest BCUT2D eigenvalue weighted by Gasteiger charge is 2.41. The van der Waals surface area contributed by atoms with Crippen molar-refractivity contribution in [3.8, 4) is 11.5 Å². The minimum absolute atomic E-state index is 0.245. The van der Waals surface area contributed by atoms with Crippen molar-refractivity contribution in [3.63, 3.8) is 0 Å². The molecule has 0 saturated heterocycles. The normalized spacial score (nSPS) is 13.6. The molecule has 170 valence electrons. The summed E-state index contributed by atoms with van der Waals surface area (Å²) in [5.41, 5.74) is 3.75. The number of imide groups is 1. The Morgan fingerprint density at radius 3 is 2.36 bits per heavy atom. The number of nitrogens with one attached hydrogen (secondary N) is 1. The Morgan fingerprint density at radius 1 is 0.909 bits per heavy atom. The molecule has 33 heavy (non-hydrogen) atoms. The molecule has 2 amide bonds. The monoisotopic (exact) mass is 462 g/mol. The van der Waals surface area contributed by atoms with Crippen LogP contribution in [0.15, 0.2) is 59.6 Å². The number of nitrogens with zero attached hydrogens (tertiary/aromatic N) is 1. The Balaban J connectivity index is 1.78. The molecule has 3 aromatic rings. The van der Waals surface area contributed by atoms with E-state index < -0.39 is 0 Å². The van der Waals surface area contributed by atoms with Crippen molar-refractivity contribution in [2.24, 2.45) is 0 Å². The van der Waals surface area contributed by atoms with E-state index in [1.807, 2.05) is 63.4 Å². The van der Waals surface area contributed by atoms with Crippen molar-refractivity contribution in [2.75, 3.05) is 23.4 Å². The number of anilines is 2. The zero-order chi connectivity index (χ0) is 23.5. The molecular formula is C26H26N2O4S. The van der Waals surface area contributed by atoms with Crippen molar-refractivity contribution in [1.82, 2.24) is 0 Å². The second-order valence-electron chi connectivity index (χ2n) is 7.54. The number of carbonyl (C=O) groups is 2.